The number of carbonyl (C=O) groups excluding carboxylic acids is 5. The molecular weight excluding hydrogens is 705 g/mol. The van der Waals surface area contributed by atoms with Crippen LogP contribution in [0.15, 0.2) is 11.1 Å². The van der Waals surface area contributed by atoms with Gasteiger partial charge in [-0.2, -0.15) is 0 Å². The minimum absolute atomic E-state index is 0.0106. The molecule has 0 spiro atoms. The zero-order valence-corrected chi connectivity index (χ0v) is 37.0. The molecule has 0 aromatic carbocycles. The fourth-order valence-corrected chi connectivity index (χ4v) is 14.1. The third-order valence-corrected chi connectivity index (χ3v) is 18.0. The lowest BCUT2D eigenvalue weighted by Crippen LogP contribution is -2.67. The predicted octanol–water partition coefficient (Wildman–Crippen LogP) is 8.30. The maximum absolute atomic E-state index is 14.3. The third-order valence-electron chi connectivity index (χ3n) is 18.0. The quantitative estimate of drug-likeness (QED) is 0.158. The molecule has 56 heavy (non-hydrogen) atoms. The summed E-state index contributed by atoms with van der Waals surface area (Å²) in [7, 11) is 0. The molecule has 0 heterocycles. The van der Waals surface area contributed by atoms with Crippen molar-refractivity contribution in [3.8, 4) is 0 Å². The van der Waals surface area contributed by atoms with Gasteiger partial charge in [0.05, 0.1) is 22.9 Å². The van der Waals surface area contributed by atoms with Crippen molar-refractivity contribution in [2.45, 2.75) is 184 Å². The van der Waals surface area contributed by atoms with E-state index in [9.17, 15) is 24.0 Å². The van der Waals surface area contributed by atoms with E-state index < -0.39 is 22.4 Å². The largest absolute Gasteiger partial charge is 0.464 e. The highest BCUT2D eigenvalue weighted by Crippen LogP contribution is 2.76. The van der Waals surface area contributed by atoms with Gasteiger partial charge in [-0.1, -0.05) is 90.0 Å². The summed E-state index contributed by atoms with van der Waals surface area (Å²) in [5, 5.41) is 3.50. The standard InChI is InChI=1S/C47H74N2O7/c1-26(2)36-30(51)24-47(49-40(54)41(5,6)23-31(52)38(48)27(3)4)21-20-45(12)28(37(36)47)14-15-33-44(11)18-17-34(43(9,10)32(44)16-19-46(33,45)13)56-39(53)29-22-35(55-25-50)42(29,7)8/h25-29,32-35,38H,14-24,48H2,1-13H3,(H,49,54)/t28-,29-,32+,33-,34+,35-,38+,44+,45-,46-,47-/m1/s1. The zero-order chi connectivity index (χ0) is 41.8. The van der Waals surface area contributed by atoms with Gasteiger partial charge in [-0.05, 0) is 115 Å². The first-order valence-electron chi connectivity index (χ1n) is 21.9. The number of amides is 1. The second kappa shape index (κ2) is 14.0. The molecule has 0 aromatic heterocycles. The van der Waals surface area contributed by atoms with Gasteiger partial charge in [0, 0.05) is 23.7 Å². The molecule has 6 aliphatic rings. The summed E-state index contributed by atoms with van der Waals surface area (Å²) in [6, 6.07) is -0.617. The first kappa shape index (κ1) is 43.0. The Morgan fingerprint density at radius 3 is 2.11 bits per heavy atom. The van der Waals surface area contributed by atoms with Gasteiger partial charge < -0.3 is 20.5 Å². The van der Waals surface area contributed by atoms with E-state index in [0.29, 0.717) is 37.6 Å². The van der Waals surface area contributed by atoms with Crippen LogP contribution in [0.5, 0.6) is 0 Å². The smallest absolute Gasteiger partial charge is 0.310 e. The van der Waals surface area contributed by atoms with Crippen LogP contribution in [0.2, 0.25) is 0 Å². The van der Waals surface area contributed by atoms with Gasteiger partial charge in [0.2, 0.25) is 5.91 Å². The van der Waals surface area contributed by atoms with Crippen LogP contribution in [0.25, 0.3) is 0 Å². The number of carbonyl (C=O) groups is 5. The first-order chi connectivity index (χ1) is 25.7. The second-order valence-corrected chi connectivity index (χ2v) is 22.6. The van der Waals surface area contributed by atoms with Crippen LogP contribution in [-0.4, -0.2) is 53.7 Å². The minimum Gasteiger partial charge on any atom is -0.464 e. The topological polar surface area (TPSA) is 142 Å². The summed E-state index contributed by atoms with van der Waals surface area (Å²) in [5.74, 6) is 0.480. The third kappa shape index (κ3) is 6.28. The molecule has 0 aromatic rings. The number of nitrogens with one attached hydrogen (secondary N) is 1. The van der Waals surface area contributed by atoms with Crippen LogP contribution in [-0.2, 0) is 33.4 Å². The SMILES string of the molecule is CC(C)C1=C2[C@H]3CC[C@@H]4[C@@]5(C)CC[C@H](OC(=O)[C@H]6C[C@@H](OC=O)C6(C)C)C(C)(C)[C@@H]5CC[C@@]4(C)[C@]3(C)CC[C@@]2(NC(=O)C(C)(C)CC(=O)[C@@H](N)C(C)C)CC1=O. The van der Waals surface area contributed by atoms with Gasteiger partial charge in [-0.25, -0.2) is 0 Å². The van der Waals surface area contributed by atoms with Crippen molar-refractivity contribution in [3.63, 3.8) is 0 Å². The second-order valence-electron chi connectivity index (χ2n) is 22.6. The molecule has 0 saturated heterocycles. The van der Waals surface area contributed by atoms with Gasteiger partial charge in [0.15, 0.2) is 11.6 Å². The Morgan fingerprint density at radius 1 is 0.857 bits per heavy atom. The van der Waals surface area contributed by atoms with E-state index >= 15 is 0 Å². The number of allylic oxidation sites excluding steroid dienone is 1. The Bertz CT molecular complexity index is 1670. The molecule has 3 N–H and O–H groups in total. The van der Waals surface area contributed by atoms with Crippen molar-refractivity contribution >= 4 is 29.9 Å². The summed E-state index contributed by atoms with van der Waals surface area (Å²) in [4.78, 5) is 66.3. The summed E-state index contributed by atoms with van der Waals surface area (Å²) >= 11 is 0. The first-order valence-corrected chi connectivity index (χ1v) is 21.9. The normalized spacial score (nSPS) is 40.4. The van der Waals surface area contributed by atoms with Crippen molar-refractivity contribution < 1.29 is 33.4 Å². The highest BCUT2D eigenvalue weighted by atomic mass is 16.6. The van der Waals surface area contributed by atoms with Crippen LogP contribution >= 0.6 is 0 Å². The van der Waals surface area contributed by atoms with Gasteiger partial charge in [0.25, 0.3) is 6.47 Å². The number of rotatable bonds is 11. The van der Waals surface area contributed by atoms with Crippen LogP contribution in [0, 0.1) is 68.0 Å². The Morgan fingerprint density at radius 2 is 1.52 bits per heavy atom. The Labute approximate surface area is 337 Å². The van der Waals surface area contributed by atoms with Gasteiger partial charge in [-0.15, -0.1) is 0 Å². The van der Waals surface area contributed by atoms with Crippen LogP contribution < -0.4 is 11.1 Å². The predicted molar refractivity (Wildman–Crippen MR) is 217 cm³/mol. The zero-order valence-electron chi connectivity index (χ0n) is 37.0. The lowest BCUT2D eigenvalue weighted by atomic mass is 9.33. The molecule has 314 valence electrons. The Balaban J connectivity index is 1.26. The average molecular weight is 779 g/mol. The monoisotopic (exact) mass is 779 g/mol. The van der Waals surface area contributed by atoms with E-state index in [1.54, 1.807) is 0 Å². The Hall–Kier alpha value is -2.55. The van der Waals surface area contributed by atoms with Crippen molar-refractivity contribution in [2.75, 3.05) is 0 Å². The van der Waals surface area contributed by atoms with E-state index in [1.165, 1.54) is 5.57 Å². The fourth-order valence-electron chi connectivity index (χ4n) is 14.1. The van der Waals surface area contributed by atoms with E-state index in [4.69, 9.17) is 15.2 Å². The van der Waals surface area contributed by atoms with Crippen molar-refractivity contribution in [2.24, 2.45) is 73.7 Å². The number of hydrogen-bond acceptors (Lipinski definition) is 8. The molecule has 5 fully saturated rings. The molecule has 0 bridgehead atoms. The molecule has 6 rings (SSSR count). The van der Waals surface area contributed by atoms with Crippen molar-refractivity contribution in [1.82, 2.24) is 5.32 Å². The molecule has 0 radical (unpaired) electrons. The summed E-state index contributed by atoms with van der Waals surface area (Å²) in [6.45, 7) is 28.4. The molecule has 1 amide bonds. The molecule has 11 atom stereocenters. The maximum atomic E-state index is 14.3. The van der Waals surface area contributed by atoms with Crippen molar-refractivity contribution in [3.05, 3.63) is 11.1 Å². The van der Waals surface area contributed by atoms with E-state index in [-0.39, 0.29) is 87.4 Å². The molecule has 0 aliphatic heterocycles. The summed E-state index contributed by atoms with van der Waals surface area (Å²) in [6.07, 6.45) is 8.02. The fraction of sp³-hybridized carbons (Fsp3) is 0.851. The number of fused-ring (bicyclic) bond motifs is 7. The number of ketones is 2. The number of Topliss-reactive ketones (excluding diaryl/α,β-unsaturated/α-hetero) is 2. The van der Waals surface area contributed by atoms with Gasteiger partial charge in [0.1, 0.15) is 12.2 Å². The highest BCUT2D eigenvalue weighted by Gasteiger charge is 2.70. The number of nitrogens with two attached hydrogens (primary N) is 1. The van der Waals surface area contributed by atoms with Crippen molar-refractivity contribution in [1.29, 1.82) is 0 Å². The summed E-state index contributed by atoms with van der Waals surface area (Å²) in [5.41, 5.74) is 5.97. The van der Waals surface area contributed by atoms with Gasteiger partial charge in [-0.3, -0.25) is 24.0 Å². The summed E-state index contributed by atoms with van der Waals surface area (Å²) < 4.78 is 11.7. The molecule has 9 nitrogen and oxygen atoms in total. The molecule has 6 aliphatic carbocycles. The lowest BCUT2D eigenvalue weighted by molar-refractivity contribution is -0.236. The highest BCUT2D eigenvalue weighted by molar-refractivity contribution is 6.03. The van der Waals surface area contributed by atoms with E-state index in [2.05, 4.69) is 53.8 Å². The number of ether oxygens (including phenoxy) is 2. The van der Waals surface area contributed by atoms with Crippen LogP contribution in [0.3, 0.4) is 0 Å². The van der Waals surface area contributed by atoms with Crippen LogP contribution in [0.4, 0.5) is 0 Å². The van der Waals surface area contributed by atoms with Gasteiger partial charge >= 0.3 is 5.97 Å². The average Bonchev–Trinajstić information content (AvgIpc) is 3.38. The van der Waals surface area contributed by atoms with Crippen LogP contribution in [0.1, 0.15) is 161 Å². The molecule has 5 saturated carbocycles. The molecular formula is C47H74N2O7. The lowest BCUT2D eigenvalue weighted by Gasteiger charge is -2.72. The van der Waals surface area contributed by atoms with E-state index in [0.717, 1.165) is 50.5 Å². The minimum atomic E-state index is -0.967. The maximum Gasteiger partial charge on any atom is 0.310 e. The number of hydrogen-bond donors (Lipinski definition) is 2. The van der Waals surface area contributed by atoms with E-state index in [1.807, 2.05) is 41.5 Å². The number of esters is 1. The molecule has 9 heteroatoms. The molecule has 0 unspecified atom stereocenters. The Kier molecular flexibility index (Phi) is 10.8.